The van der Waals surface area contributed by atoms with E-state index >= 15 is 0 Å². The molecule has 2 aromatic carbocycles. The fraction of sp³-hybridized carbons (Fsp3) is 0.417. The van der Waals surface area contributed by atoms with Gasteiger partial charge in [-0.2, -0.15) is 26.3 Å². The third kappa shape index (κ3) is 6.51. The largest absolute Gasteiger partial charge is 0.497 e. The standard InChI is InChI=1S/C24H23F6N3O3S/c1-35-18-3-4-19-20(14-18)37-22(31-19)33(6-2-5-32-7-9-36-10-8-32)21(34)15-11-16(23(25,26)27)13-17(12-15)24(28,29)30/h3-4,11-14H,2,5-10H2,1H3. The van der Waals surface area contributed by atoms with Crippen LogP contribution in [0.2, 0.25) is 0 Å². The number of amides is 1. The quantitative estimate of drug-likeness (QED) is 0.355. The fourth-order valence-corrected chi connectivity index (χ4v) is 4.95. The van der Waals surface area contributed by atoms with Crippen LogP contribution in [-0.2, 0) is 17.1 Å². The van der Waals surface area contributed by atoms with Gasteiger partial charge in [0.1, 0.15) is 5.75 Å². The molecule has 1 amide bonds. The summed E-state index contributed by atoms with van der Waals surface area (Å²) in [6.07, 6.45) is -9.70. The van der Waals surface area contributed by atoms with Crippen LogP contribution in [0.1, 0.15) is 27.9 Å². The number of hydrogen-bond acceptors (Lipinski definition) is 6. The zero-order chi connectivity index (χ0) is 26.8. The number of hydrogen-bond donors (Lipinski definition) is 0. The van der Waals surface area contributed by atoms with Gasteiger partial charge in [-0.05, 0) is 42.8 Å². The molecule has 2 heterocycles. The molecule has 1 fully saturated rings. The molecule has 0 aliphatic carbocycles. The lowest BCUT2D eigenvalue weighted by atomic mass is 10.0. The van der Waals surface area contributed by atoms with Crippen molar-refractivity contribution in [2.75, 3.05) is 51.4 Å². The second-order valence-electron chi connectivity index (χ2n) is 8.39. The van der Waals surface area contributed by atoms with E-state index in [9.17, 15) is 31.1 Å². The molecule has 1 saturated heterocycles. The van der Waals surface area contributed by atoms with Crippen LogP contribution in [0.4, 0.5) is 31.5 Å². The van der Waals surface area contributed by atoms with Crippen molar-refractivity contribution in [1.82, 2.24) is 9.88 Å². The van der Waals surface area contributed by atoms with Crippen LogP contribution in [0.3, 0.4) is 0 Å². The highest BCUT2D eigenvalue weighted by molar-refractivity contribution is 7.22. The summed E-state index contributed by atoms with van der Waals surface area (Å²) in [7, 11) is 1.48. The van der Waals surface area contributed by atoms with E-state index < -0.39 is 35.0 Å². The molecule has 0 saturated carbocycles. The van der Waals surface area contributed by atoms with Crippen molar-refractivity contribution >= 4 is 32.6 Å². The van der Waals surface area contributed by atoms with E-state index in [0.717, 1.165) is 16.2 Å². The summed E-state index contributed by atoms with van der Waals surface area (Å²) in [6, 6.07) is 5.92. The van der Waals surface area contributed by atoms with Gasteiger partial charge < -0.3 is 9.47 Å². The minimum atomic E-state index is -5.07. The summed E-state index contributed by atoms with van der Waals surface area (Å²) in [5, 5.41) is 0.168. The molecule has 0 bridgehead atoms. The van der Waals surface area contributed by atoms with Gasteiger partial charge in [0, 0.05) is 31.7 Å². The van der Waals surface area contributed by atoms with Gasteiger partial charge in [-0.25, -0.2) is 4.98 Å². The maximum atomic E-state index is 13.5. The molecule has 0 N–H and O–H groups in total. The van der Waals surface area contributed by atoms with Crippen molar-refractivity contribution in [1.29, 1.82) is 0 Å². The molecule has 0 unspecified atom stereocenters. The number of aromatic nitrogens is 1. The van der Waals surface area contributed by atoms with Crippen molar-refractivity contribution < 1.29 is 40.6 Å². The molecule has 0 spiro atoms. The zero-order valence-corrected chi connectivity index (χ0v) is 20.5. The minimum Gasteiger partial charge on any atom is -0.497 e. The topological polar surface area (TPSA) is 54.9 Å². The van der Waals surface area contributed by atoms with E-state index in [-0.39, 0.29) is 17.7 Å². The number of benzene rings is 2. The first-order valence-corrected chi connectivity index (χ1v) is 12.1. The van der Waals surface area contributed by atoms with E-state index in [1.807, 2.05) is 0 Å². The number of fused-ring (bicyclic) bond motifs is 1. The van der Waals surface area contributed by atoms with Crippen molar-refractivity contribution in [3.63, 3.8) is 0 Å². The molecule has 1 aliphatic heterocycles. The number of anilines is 1. The van der Waals surface area contributed by atoms with E-state index in [1.165, 1.54) is 7.11 Å². The molecule has 13 heteroatoms. The van der Waals surface area contributed by atoms with Crippen LogP contribution in [0.5, 0.6) is 5.75 Å². The molecular weight excluding hydrogens is 524 g/mol. The van der Waals surface area contributed by atoms with Crippen molar-refractivity contribution in [3.05, 3.63) is 53.1 Å². The molecular formula is C24H23F6N3O3S. The number of ether oxygens (including phenoxy) is 2. The van der Waals surface area contributed by atoms with Gasteiger partial charge in [0.15, 0.2) is 5.13 Å². The maximum absolute atomic E-state index is 13.5. The number of carbonyl (C=O) groups is 1. The lowest BCUT2D eigenvalue weighted by Gasteiger charge is -2.28. The Balaban J connectivity index is 1.70. The van der Waals surface area contributed by atoms with Crippen LogP contribution in [-0.4, -0.2) is 62.3 Å². The molecule has 1 aliphatic rings. The Bertz CT molecular complexity index is 1220. The summed E-state index contributed by atoms with van der Waals surface area (Å²) < 4.78 is 91.6. The highest BCUT2D eigenvalue weighted by Gasteiger charge is 2.38. The molecule has 3 aromatic rings. The van der Waals surface area contributed by atoms with E-state index in [2.05, 4.69) is 9.88 Å². The molecule has 6 nitrogen and oxygen atoms in total. The maximum Gasteiger partial charge on any atom is 0.416 e. The molecule has 1 aromatic heterocycles. The second kappa shape index (κ2) is 10.8. The number of carbonyl (C=O) groups excluding carboxylic acids is 1. The molecule has 0 radical (unpaired) electrons. The Morgan fingerprint density at radius 1 is 1.05 bits per heavy atom. The SMILES string of the molecule is COc1ccc2nc(N(CCCN3CCOCC3)C(=O)c3cc(C(F)(F)F)cc(C(F)(F)F)c3)sc2c1. The smallest absolute Gasteiger partial charge is 0.416 e. The van der Waals surface area contributed by atoms with E-state index in [4.69, 9.17) is 9.47 Å². The first-order valence-electron chi connectivity index (χ1n) is 11.3. The van der Waals surface area contributed by atoms with Gasteiger partial charge in [-0.3, -0.25) is 14.6 Å². The zero-order valence-electron chi connectivity index (χ0n) is 19.7. The van der Waals surface area contributed by atoms with Crippen LogP contribution >= 0.6 is 11.3 Å². The molecule has 4 rings (SSSR count). The Hall–Kier alpha value is -2.90. The minimum absolute atomic E-state index is 0.00348. The van der Waals surface area contributed by atoms with Crippen molar-refractivity contribution in [3.8, 4) is 5.75 Å². The predicted octanol–water partition coefficient (Wildman–Crippen LogP) is 5.71. The lowest BCUT2D eigenvalue weighted by molar-refractivity contribution is -0.143. The average Bonchev–Trinajstić information content (AvgIpc) is 3.28. The number of halogens is 6. The van der Waals surface area contributed by atoms with Crippen LogP contribution in [0.15, 0.2) is 36.4 Å². The van der Waals surface area contributed by atoms with Crippen LogP contribution in [0, 0.1) is 0 Å². The van der Waals surface area contributed by atoms with Crippen molar-refractivity contribution in [2.45, 2.75) is 18.8 Å². The number of nitrogens with zero attached hydrogens (tertiary/aromatic N) is 3. The van der Waals surface area contributed by atoms with Gasteiger partial charge in [-0.15, -0.1) is 0 Å². The number of morpholine rings is 1. The van der Waals surface area contributed by atoms with Gasteiger partial charge in [-0.1, -0.05) is 11.3 Å². The summed E-state index contributed by atoms with van der Waals surface area (Å²) in [5.41, 5.74) is -3.29. The lowest BCUT2D eigenvalue weighted by Crippen LogP contribution is -2.39. The summed E-state index contributed by atoms with van der Waals surface area (Å²) >= 11 is 1.10. The summed E-state index contributed by atoms with van der Waals surface area (Å²) in [6.45, 7) is 3.13. The predicted molar refractivity (Wildman–Crippen MR) is 126 cm³/mol. The van der Waals surface area contributed by atoms with Gasteiger partial charge in [0.05, 0.1) is 41.7 Å². The summed E-state index contributed by atoms with van der Waals surface area (Å²) in [4.78, 5) is 21.2. The normalized spacial score (nSPS) is 15.2. The van der Waals surface area contributed by atoms with Gasteiger partial charge >= 0.3 is 12.4 Å². The third-order valence-corrected chi connectivity index (χ3v) is 6.90. The summed E-state index contributed by atoms with van der Waals surface area (Å²) in [5.74, 6) is -0.454. The third-order valence-electron chi connectivity index (χ3n) is 5.85. The Morgan fingerprint density at radius 2 is 1.70 bits per heavy atom. The number of methoxy groups -OCH3 is 1. The molecule has 0 atom stereocenters. The van der Waals surface area contributed by atoms with Gasteiger partial charge in [0.2, 0.25) is 0 Å². The molecule has 37 heavy (non-hydrogen) atoms. The highest BCUT2D eigenvalue weighted by Crippen LogP contribution is 2.38. The second-order valence-corrected chi connectivity index (χ2v) is 9.40. The Kier molecular flexibility index (Phi) is 7.95. The fourth-order valence-electron chi connectivity index (χ4n) is 3.93. The van der Waals surface area contributed by atoms with Crippen LogP contribution in [0.25, 0.3) is 10.2 Å². The first-order chi connectivity index (χ1) is 17.5. The monoisotopic (exact) mass is 547 g/mol. The van der Waals surface area contributed by atoms with E-state index in [1.54, 1.807) is 18.2 Å². The number of rotatable bonds is 7. The molecule has 200 valence electrons. The van der Waals surface area contributed by atoms with Gasteiger partial charge in [0.25, 0.3) is 5.91 Å². The Morgan fingerprint density at radius 3 is 2.30 bits per heavy atom. The highest BCUT2D eigenvalue weighted by atomic mass is 32.1. The number of alkyl halides is 6. The van der Waals surface area contributed by atoms with Crippen LogP contribution < -0.4 is 9.64 Å². The van der Waals surface area contributed by atoms with Crippen molar-refractivity contribution in [2.24, 2.45) is 0 Å². The first kappa shape index (κ1) is 27.1. The van der Waals surface area contributed by atoms with E-state index in [0.29, 0.717) is 67.4 Å². The Labute approximate surface area is 212 Å². The average molecular weight is 548 g/mol. The number of thiazole rings is 1.